The SMILES string of the molecule is CC(C)OCCN1CCN[C@@H](C)C1. The second-order valence-corrected chi connectivity index (χ2v) is 4.08. The summed E-state index contributed by atoms with van der Waals surface area (Å²) in [6, 6.07) is 0.632. The molecule has 1 rings (SSSR count). The number of nitrogens with zero attached hydrogens (tertiary/aromatic N) is 1. The molecule has 1 heterocycles. The maximum Gasteiger partial charge on any atom is 0.0596 e. The molecule has 13 heavy (non-hydrogen) atoms. The highest BCUT2D eigenvalue weighted by atomic mass is 16.5. The van der Waals surface area contributed by atoms with Crippen LogP contribution < -0.4 is 5.32 Å². The summed E-state index contributed by atoms with van der Waals surface area (Å²) < 4.78 is 5.52. The van der Waals surface area contributed by atoms with Gasteiger partial charge in [0.1, 0.15) is 0 Å². The number of hydrogen-bond acceptors (Lipinski definition) is 3. The normalized spacial score (nSPS) is 25.4. The average molecular weight is 186 g/mol. The zero-order chi connectivity index (χ0) is 9.68. The minimum absolute atomic E-state index is 0.361. The third-order valence-corrected chi connectivity index (χ3v) is 2.31. The molecule has 3 nitrogen and oxygen atoms in total. The van der Waals surface area contributed by atoms with Gasteiger partial charge in [-0.2, -0.15) is 0 Å². The Morgan fingerprint density at radius 3 is 2.92 bits per heavy atom. The minimum atomic E-state index is 0.361. The summed E-state index contributed by atoms with van der Waals surface area (Å²) in [5.41, 5.74) is 0. The maximum atomic E-state index is 5.52. The van der Waals surface area contributed by atoms with E-state index in [4.69, 9.17) is 4.74 Å². The average Bonchev–Trinajstić information content (AvgIpc) is 2.03. The Morgan fingerprint density at radius 1 is 1.54 bits per heavy atom. The van der Waals surface area contributed by atoms with Gasteiger partial charge in [0, 0.05) is 32.2 Å². The van der Waals surface area contributed by atoms with E-state index in [9.17, 15) is 0 Å². The highest BCUT2D eigenvalue weighted by molar-refractivity contribution is 4.74. The van der Waals surface area contributed by atoms with Gasteiger partial charge >= 0.3 is 0 Å². The molecule has 0 aromatic heterocycles. The smallest absolute Gasteiger partial charge is 0.0596 e. The molecule has 0 aliphatic carbocycles. The molecular weight excluding hydrogens is 164 g/mol. The highest BCUT2D eigenvalue weighted by Crippen LogP contribution is 1.98. The van der Waals surface area contributed by atoms with Gasteiger partial charge in [-0.25, -0.2) is 0 Å². The lowest BCUT2D eigenvalue weighted by Crippen LogP contribution is -2.50. The number of piperazine rings is 1. The van der Waals surface area contributed by atoms with E-state index >= 15 is 0 Å². The lowest BCUT2D eigenvalue weighted by Gasteiger charge is -2.31. The van der Waals surface area contributed by atoms with Crippen molar-refractivity contribution in [3.05, 3.63) is 0 Å². The van der Waals surface area contributed by atoms with Gasteiger partial charge in [0.05, 0.1) is 12.7 Å². The van der Waals surface area contributed by atoms with Crippen molar-refractivity contribution < 1.29 is 4.74 Å². The maximum absolute atomic E-state index is 5.52. The fourth-order valence-corrected chi connectivity index (χ4v) is 1.63. The molecule has 0 radical (unpaired) electrons. The van der Waals surface area contributed by atoms with Crippen LogP contribution in [0.4, 0.5) is 0 Å². The Kier molecular flexibility index (Phi) is 4.70. The van der Waals surface area contributed by atoms with Crippen molar-refractivity contribution in [2.75, 3.05) is 32.8 Å². The number of nitrogens with one attached hydrogen (secondary N) is 1. The minimum Gasteiger partial charge on any atom is -0.377 e. The van der Waals surface area contributed by atoms with Gasteiger partial charge in [0.15, 0.2) is 0 Å². The molecule has 0 spiro atoms. The first-order chi connectivity index (χ1) is 6.18. The summed E-state index contributed by atoms with van der Waals surface area (Å²) in [5, 5.41) is 3.43. The van der Waals surface area contributed by atoms with Crippen molar-refractivity contribution in [1.29, 1.82) is 0 Å². The van der Waals surface area contributed by atoms with Crippen LogP contribution in [-0.4, -0.2) is 49.8 Å². The Morgan fingerprint density at radius 2 is 2.31 bits per heavy atom. The van der Waals surface area contributed by atoms with Crippen molar-refractivity contribution in [1.82, 2.24) is 10.2 Å². The van der Waals surface area contributed by atoms with Crippen molar-refractivity contribution in [2.45, 2.75) is 32.9 Å². The van der Waals surface area contributed by atoms with Crippen LogP contribution in [0, 0.1) is 0 Å². The summed E-state index contributed by atoms with van der Waals surface area (Å²) in [6.45, 7) is 11.8. The quantitative estimate of drug-likeness (QED) is 0.699. The predicted molar refractivity (Wildman–Crippen MR) is 55.0 cm³/mol. The van der Waals surface area contributed by atoms with Crippen molar-refractivity contribution in [3.8, 4) is 0 Å². The van der Waals surface area contributed by atoms with E-state index in [1.54, 1.807) is 0 Å². The molecule has 0 bridgehead atoms. The summed E-state index contributed by atoms with van der Waals surface area (Å²) in [5.74, 6) is 0. The molecule has 1 fully saturated rings. The van der Waals surface area contributed by atoms with E-state index in [0.29, 0.717) is 12.1 Å². The second kappa shape index (κ2) is 5.58. The molecule has 0 aromatic carbocycles. The monoisotopic (exact) mass is 186 g/mol. The Balaban J connectivity index is 2.06. The van der Waals surface area contributed by atoms with Crippen molar-refractivity contribution in [3.63, 3.8) is 0 Å². The van der Waals surface area contributed by atoms with Gasteiger partial charge in [-0.1, -0.05) is 0 Å². The molecule has 1 atom stereocenters. The van der Waals surface area contributed by atoms with Crippen LogP contribution in [0.2, 0.25) is 0 Å². The van der Waals surface area contributed by atoms with E-state index in [-0.39, 0.29) is 0 Å². The molecule has 0 saturated carbocycles. The Labute approximate surface area is 81.4 Å². The van der Waals surface area contributed by atoms with Crippen LogP contribution in [0.1, 0.15) is 20.8 Å². The van der Waals surface area contributed by atoms with E-state index in [0.717, 1.165) is 32.8 Å². The summed E-state index contributed by atoms with van der Waals surface area (Å²) in [4.78, 5) is 2.46. The highest BCUT2D eigenvalue weighted by Gasteiger charge is 2.14. The van der Waals surface area contributed by atoms with Crippen LogP contribution in [-0.2, 0) is 4.74 Å². The first kappa shape index (κ1) is 11.0. The van der Waals surface area contributed by atoms with Crippen LogP contribution >= 0.6 is 0 Å². The molecule has 1 N–H and O–H groups in total. The summed E-state index contributed by atoms with van der Waals surface area (Å²) in [6.07, 6.45) is 0.361. The standard InChI is InChI=1S/C10H22N2O/c1-9(2)13-7-6-12-5-4-11-10(3)8-12/h9-11H,4-8H2,1-3H3/t10-/m0/s1. The van der Waals surface area contributed by atoms with Gasteiger partial charge in [-0.05, 0) is 20.8 Å². The molecule has 1 aliphatic heterocycles. The Hall–Kier alpha value is -0.120. The molecule has 1 aliphatic rings. The fourth-order valence-electron chi connectivity index (χ4n) is 1.63. The van der Waals surface area contributed by atoms with Crippen LogP contribution in [0.5, 0.6) is 0 Å². The zero-order valence-electron chi connectivity index (χ0n) is 9.05. The molecule has 0 unspecified atom stereocenters. The number of ether oxygens (including phenoxy) is 1. The van der Waals surface area contributed by atoms with E-state index in [2.05, 4.69) is 31.0 Å². The van der Waals surface area contributed by atoms with Crippen LogP contribution in [0.15, 0.2) is 0 Å². The van der Waals surface area contributed by atoms with Gasteiger partial charge in [-0.3, -0.25) is 4.90 Å². The van der Waals surface area contributed by atoms with Crippen LogP contribution in [0.25, 0.3) is 0 Å². The topological polar surface area (TPSA) is 24.5 Å². The lowest BCUT2D eigenvalue weighted by atomic mass is 10.2. The van der Waals surface area contributed by atoms with Crippen molar-refractivity contribution in [2.24, 2.45) is 0 Å². The van der Waals surface area contributed by atoms with Gasteiger partial charge < -0.3 is 10.1 Å². The molecule has 0 aromatic rings. The largest absolute Gasteiger partial charge is 0.377 e. The predicted octanol–water partition coefficient (Wildman–Crippen LogP) is 0.705. The third-order valence-electron chi connectivity index (χ3n) is 2.31. The fraction of sp³-hybridized carbons (Fsp3) is 1.00. The molecular formula is C10H22N2O. The van der Waals surface area contributed by atoms with Gasteiger partial charge in [-0.15, -0.1) is 0 Å². The molecule has 1 saturated heterocycles. The first-order valence-corrected chi connectivity index (χ1v) is 5.26. The van der Waals surface area contributed by atoms with E-state index in [1.807, 2.05) is 0 Å². The Bertz CT molecular complexity index is 139. The van der Waals surface area contributed by atoms with E-state index < -0.39 is 0 Å². The molecule has 0 amide bonds. The second-order valence-electron chi connectivity index (χ2n) is 4.08. The first-order valence-electron chi connectivity index (χ1n) is 5.26. The number of rotatable bonds is 4. The van der Waals surface area contributed by atoms with E-state index in [1.165, 1.54) is 0 Å². The summed E-state index contributed by atoms with van der Waals surface area (Å²) >= 11 is 0. The lowest BCUT2D eigenvalue weighted by molar-refractivity contribution is 0.0533. The van der Waals surface area contributed by atoms with Crippen LogP contribution in [0.3, 0.4) is 0 Å². The molecule has 3 heteroatoms. The molecule has 78 valence electrons. The third kappa shape index (κ3) is 4.60. The number of hydrogen-bond donors (Lipinski definition) is 1. The van der Waals surface area contributed by atoms with Gasteiger partial charge in [0.25, 0.3) is 0 Å². The van der Waals surface area contributed by atoms with Crippen molar-refractivity contribution >= 4 is 0 Å². The zero-order valence-corrected chi connectivity index (χ0v) is 9.05. The van der Waals surface area contributed by atoms with Gasteiger partial charge in [0.2, 0.25) is 0 Å². The summed E-state index contributed by atoms with van der Waals surface area (Å²) in [7, 11) is 0.